The minimum atomic E-state index is -0.418. The molecule has 1 aliphatic rings. The van der Waals surface area contributed by atoms with E-state index in [0.29, 0.717) is 18.8 Å². The first-order chi connectivity index (χ1) is 12.4. The van der Waals surface area contributed by atoms with Crippen LogP contribution in [0.3, 0.4) is 0 Å². The summed E-state index contributed by atoms with van der Waals surface area (Å²) in [6.07, 6.45) is 1.95. The molecule has 1 saturated heterocycles. The minimum Gasteiger partial charge on any atom is -0.337 e. The fourth-order valence-electron chi connectivity index (χ4n) is 2.91. The average molecular weight is 354 g/mol. The molecule has 1 fully saturated rings. The van der Waals surface area contributed by atoms with Crippen LogP contribution in [0.5, 0.6) is 0 Å². The molecule has 136 valence electrons. The van der Waals surface area contributed by atoms with E-state index in [2.05, 4.69) is 10.4 Å². The molecule has 1 aliphatic heterocycles. The van der Waals surface area contributed by atoms with Gasteiger partial charge in [0.15, 0.2) is 0 Å². The molecule has 1 N–H and O–H groups in total. The van der Waals surface area contributed by atoms with Crippen molar-refractivity contribution in [2.45, 2.75) is 33.2 Å². The van der Waals surface area contributed by atoms with Gasteiger partial charge in [0.25, 0.3) is 11.5 Å². The van der Waals surface area contributed by atoms with E-state index in [1.165, 1.54) is 12.1 Å². The lowest BCUT2D eigenvalue weighted by molar-refractivity contribution is -0.117. The number of amides is 2. The number of nitrogens with zero attached hydrogens (tertiary/aromatic N) is 3. The lowest BCUT2D eigenvalue weighted by atomic mass is 10.1. The van der Waals surface area contributed by atoms with Gasteiger partial charge in [-0.1, -0.05) is 6.07 Å². The Balaban J connectivity index is 1.73. The Kier molecular flexibility index (Phi) is 5.16. The van der Waals surface area contributed by atoms with Crippen LogP contribution in [-0.2, 0) is 11.3 Å². The molecule has 0 unspecified atom stereocenters. The van der Waals surface area contributed by atoms with Crippen molar-refractivity contribution in [2.75, 3.05) is 18.4 Å². The van der Waals surface area contributed by atoms with Crippen LogP contribution in [0.2, 0.25) is 0 Å². The zero-order valence-corrected chi connectivity index (χ0v) is 15.0. The van der Waals surface area contributed by atoms with E-state index in [9.17, 15) is 14.4 Å². The third-order valence-corrected chi connectivity index (χ3v) is 4.56. The molecule has 2 heterocycles. The number of hydrogen-bond acceptors (Lipinski definition) is 4. The highest BCUT2D eigenvalue weighted by Gasteiger charge is 2.21. The third kappa shape index (κ3) is 3.99. The van der Waals surface area contributed by atoms with Crippen LogP contribution in [0.4, 0.5) is 5.69 Å². The third-order valence-electron chi connectivity index (χ3n) is 4.56. The quantitative estimate of drug-likeness (QED) is 0.906. The Morgan fingerprint density at radius 1 is 1.08 bits per heavy atom. The molecule has 0 aliphatic carbocycles. The van der Waals surface area contributed by atoms with Gasteiger partial charge in [-0.15, -0.1) is 0 Å². The number of benzene rings is 1. The zero-order chi connectivity index (χ0) is 18.7. The van der Waals surface area contributed by atoms with Crippen LogP contribution in [0.1, 0.15) is 34.5 Å². The number of carbonyl (C=O) groups excluding carboxylic acids is 2. The van der Waals surface area contributed by atoms with Gasteiger partial charge in [-0.2, -0.15) is 5.10 Å². The van der Waals surface area contributed by atoms with Gasteiger partial charge in [0.05, 0.1) is 0 Å². The summed E-state index contributed by atoms with van der Waals surface area (Å²) < 4.78 is 1.03. The summed E-state index contributed by atoms with van der Waals surface area (Å²) in [5, 5.41) is 6.84. The van der Waals surface area contributed by atoms with E-state index >= 15 is 0 Å². The van der Waals surface area contributed by atoms with Gasteiger partial charge in [-0.05, 0) is 56.0 Å². The second-order valence-corrected chi connectivity index (χ2v) is 6.56. The molecule has 0 saturated carbocycles. The first kappa shape index (κ1) is 17.8. The molecule has 2 amide bonds. The second-order valence-electron chi connectivity index (χ2n) is 6.56. The van der Waals surface area contributed by atoms with Crippen molar-refractivity contribution in [3.8, 4) is 0 Å². The number of hydrogen-bond donors (Lipinski definition) is 1. The number of rotatable bonds is 4. The molecule has 1 aromatic heterocycles. The molecule has 0 atom stereocenters. The van der Waals surface area contributed by atoms with Crippen molar-refractivity contribution < 1.29 is 9.59 Å². The fraction of sp³-hybridized carbons (Fsp3) is 0.368. The molecule has 1 aromatic carbocycles. The van der Waals surface area contributed by atoms with Crippen LogP contribution in [-0.4, -0.2) is 39.6 Å². The highest BCUT2D eigenvalue weighted by atomic mass is 16.2. The van der Waals surface area contributed by atoms with Gasteiger partial charge in [0, 0.05) is 24.8 Å². The molecular formula is C19H22N4O3. The summed E-state index contributed by atoms with van der Waals surface area (Å²) in [4.78, 5) is 38.4. The fourth-order valence-corrected chi connectivity index (χ4v) is 2.91. The second kappa shape index (κ2) is 7.51. The highest BCUT2D eigenvalue weighted by Crippen LogP contribution is 2.14. The van der Waals surface area contributed by atoms with E-state index in [-0.39, 0.29) is 24.1 Å². The number of aryl methyl sites for hydroxylation is 2. The monoisotopic (exact) mass is 354 g/mol. The maximum Gasteiger partial charge on any atom is 0.274 e. The standard InChI is InChI=1S/C19H22N4O3/c1-13-5-6-15(11-14(13)2)20-17(24)12-23-18(25)8-7-16(21-23)19(26)22-9-3-4-10-22/h5-8,11H,3-4,9-10,12H2,1-2H3,(H,20,24). The molecule has 7 nitrogen and oxygen atoms in total. The molecule has 2 aromatic rings. The van der Waals surface area contributed by atoms with Crippen LogP contribution >= 0.6 is 0 Å². The van der Waals surface area contributed by atoms with Gasteiger partial charge in [-0.3, -0.25) is 14.4 Å². The first-order valence-electron chi connectivity index (χ1n) is 8.68. The molecule has 3 rings (SSSR count). The van der Waals surface area contributed by atoms with E-state index < -0.39 is 5.56 Å². The van der Waals surface area contributed by atoms with Crippen LogP contribution in [0.25, 0.3) is 0 Å². The number of aromatic nitrogens is 2. The molecular weight excluding hydrogens is 332 g/mol. The highest BCUT2D eigenvalue weighted by molar-refractivity contribution is 5.92. The Morgan fingerprint density at radius 3 is 2.50 bits per heavy atom. The summed E-state index contributed by atoms with van der Waals surface area (Å²) in [5.74, 6) is -0.570. The predicted molar refractivity (Wildman–Crippen MR) is 98.2 cm³/mol. The molecule has 0 bridgehead atoms. The van der Waals surface area contributed by atoms with Crippen molar-refractivity contribution in [2.24, 2.45) is 0 Å². The summed E-state index contributed by atoms with van der Waals surface area (Å²) >= 11 is 0. The Hall–Kier alpha value is -2.96. The van der Waals surface area contributed by atoms with Gasteiger partial charge >= 0.3 is 0 Å². The lowest BCUT2D eigenvalue weighted by Gasteiger charge is -2.15. The van der Waals surface area contributed by atoms with Crippen molar-refractivity contribution in [3.63, 3.8) is 0 Å². The van der Waals surface area contributed by atoms with Gasteiger partial charge in [0.1, 0.15) is 12.2 Å². The van der Waals surface area contributed by atoms with Gasteiger partial charge < -0.3 is 10.2 Å². The average Bonchev–Trinajstić information content (AvgIpc) is 3.14. The van der Waals surface area contributed by atoms with Crippen molar-refractivity contribution in [3.05, 3.63) is 57.5 Å². The molecule has 0 spiro atoms. The van der Waals surface area contributed by atoms with Crippen molar-refractivity contribution >= 4 is 17.5 Å². The largest absolute Gasteiger partial charge is 0.337 e. The summed E-state index contributed by atoms with van der Waals surface area (Å²) in [7, 11) is 0. The topological polar surface area (TPSA) is 84.3 Å². The van der Waals surface area contributed by atoms with E-state index in [4.69, 9.17) is 0 Å². The van der Waals surface area contributed by atoms with E-state index in [1.54, 1.807) is 4.90 Å². The van der Waals surface area contributed by atoms with Gasteiger partial charge in [0.2, 0.25) is 5.91 Å². The normalized spacial score (nSPS) is 13.7. The number of nitrogens with one attached hydrogen (secondary N) is 1. The minimum absolute atomic E-state index is 0.186. The summed E-state index contributed by atoms with van der Waals surface area (Å²) in [6, 6.07) is 8.30. The Morgan fingerprint density at radius 2 is 1.81 bits per heavy atom. The number of likely N-dealkylation sites (tertiary alicyclic amines) is 1. The molecule has 26 heavy (non-hydrogen) atoms. The maximum atomic E-state index is 12.4. The lowest BCUT2D eigenvalue weighted by Crippen LogP contribution is -2.34. The van der Waals surface area contributed by atoms with Gasteiger partial charge in [-0.25, -0.2) is 4.68 Å². The van der Waals surface area contributed by atoms with Crippen LogP contribution < -0.4 is 10.9 Å². The zero-order valence-electron chi connectivity index (χ0n) is 15.0. The Bertz CT molecular complexity index is 898. The smallest absolute Gasteiger partial charge is 0.274 e. The van der Waals surface area contributed by atoms with Crippen molar-refractivity contribution in [1.29, 1.82) is 0 Å². The van der Waals surface area contributed by atoms with Crippen LogP contribution in [0.15, 0.2) is 35.1 Å². The molecule has 0 radical (unpaired) electrons. The summed E-state index contributed by atoms with van der Waals surface area (Å²) in [5.41, 5.74) is 2.63. The summed E-state index contributed by atoms with van der Waals surface area (Å²) in [6.45, 7) is 5.12. The predicted octanol–water partition coefficient (Wildman–Crippen LogP) is 1.73. The number of carbonyl (C=O) groups is 2. The first-order valence-corrected chi connectivity index (χ1v) is 8.68. The SMILES string of the molecule is Cc1ccc(NC(=O)Cn2nc(C(=O)N3CCCC3)ccc2=O)cc1C. The Labute approximate surface area is 151 Å². The maximum absolute atomic E-state index is 12.4. The molecule has 7 heteroatoms. The van der Waals surface area contributed by atoms with Crippen molar-refractivity contribution in [1.82, 2.24) is 14.7 Å². The van der Waals surface area contributed by atoms with E-state index in [0.717, 1.165) is 28.7 Å². The van der Waals surface area contributed by atoms with E-state index in [1.807, 2.05) is 32.0 Å². The number of anilines is 1. The van der Waals surface area contributed by atoms with Crippen LogP contribution in [0, 0.1) is 13.8 Å².